The van der Waals surface area contributed by atoms with Gasteiger partial charge in [0.2, 0.25) is 10.8 Å². The molecule has 3 aliphatic rings. The summed E-state index contributed by atoms with van der Waals surface area (Å²) in [7, 11) is 2.35. The Morgan fingerprint density at radius 3 is 2.77 bits per heavy atom. The van der Waals surface area contributed by atoms with Crippen LogP contribution in [0.5, 0.6) is 0 Å². The van der Waals surface area contributed by atoms with Crippen LogP contribution in [0.3, 0.4) is 0 Å². The molecule has 8 nitrogen and oxygen atoms in total. The summed E-state index contributed by atoms with van der Waals surface area (Å²) in [4.78, 5) is 32.2. The molecule has 0 amide bonds. The molecule has 5 heterocycles. The van der Waals surface area contributed by atoms with Gasteiger partial charge in [0.1, 0.15) is 23.8 Å². The molecule has 2 saturated heterocycles. The Balaban J connectivity index is 1.31. The lowest BCUT2D eigenvalue weighted by atomic mass is 10.1. The summed E-state index contributed by atoms with van der Waals surface area (Å²) in [6.07, 6.45) is 5.22. The number of nitrogens with zero attached hydrogens (tertiary/aromatic N) is 5. The van der Waals surface area contributed by atoms with Gasteiger partial charge in [0.05, 0.1) is 18.1 Å². The molecule has 0 saturated carbocycles. The van der Waals surface area contributed by atoms with E-state index in [1.807, 2.05) is 6.92 Å². The van der Waals surface area contributed by atoms with Crippen molar-refractivity contribution in [2.24, 2.45) is 0 Å². The molecule has 0 aliphatic carbocycles. The average molecular weight is 463 g/mol. The minimum atomic E-state index is -0.348. The minimum absolute atomic E-state index is 0.149. The third-order valence-electron chi connectivity index (χ3n) is 6.20. The predicted molar refractivity (Wildman–Crippen MR) is 123 cm³/mol. The lowest BCUT2D eigenvalue weighted by molar-refractivity contribution is 0.0225. The molecule has 0 radical (unpaired) electrons. The second kappa shape index (κ2) is 8.55. The van der Waals surface area contributed by atoms with Gasteiger partial charge in [0, 0.05) is 49.0 Å². The standard InChI is InChI=1S/C21H28N5O3S2/c1-13-22-17(12-30-13)20(27)29-15-10-26(11-15)21-23-16-6-9-31(3)18(16)19(24-21)25(2)14-4-7-28-8-5-14/h12,14-15H,4-11H2,1-3H3/q+1. The molecule has 1 unspecified atom stereocenters. The number of carbonyl (C=O) groups excluding carboxylic acids is 1. The van der Waals surface area contributed by atoms with E-state index in [1.165, 1.54) is 21.9 Å². The van der Waals surface area contributed by atoms with Gasteiger partial charge < -0.3 is 19.3 Å². The monoisotopic (exact) mass is 462 g/mol. The fraction of sp³-hybridized carbons (Fsp3) is 0.619. The molecule has 31 heavy (non-hydrogen) atoms. The van der Waals surface area contributed by atoms with E-state index in [4.69, 9.17) is 19.4 Å². The number of hydrogen-bond acceptors (Lipinski definition) is 9. The highest BCUT2D eigenvalue weighted by molar-refractivity contribution is 7.96. The Kier molecular flexibility index (Phi) is 5.78. The van der Waals surface area contributed by atoms with E-state index < -0.39 is 0 Å². The van der Waals surface area contributed by atoms with Crippen molar-refractivity contribution in [1.29, 1.82) is 0 Å². The number of ether oxygens (including phenoxy) is 2. The molecule has 0 spiro atoms. The first-order valence-electron chi connectivity index (χ1n) is 10.7. The maximum Gasteiger partial charge on any atom is 0.358 e. The van der Waals surface area contributed by atoms with Crippen LogP contribution in [0, 0.1) is 6.92 Å². The van der Waals surface area contributed by atoms with Gasteiger partial charge in [0.15, 0.2) is 11.5 Å². The van der Waals surface area contributed by atoms with Crippen molar-refractivity contribution in [2.45, 2.75) is 43.2 Å². The molecule has 0 aromatic carbocycles. The molecule has 5 rings (SSSR count). The SMILES string of the molecule is Cc1nc(C(=O)OC2CN(c3nc4c(c(N(C)C5CCOCC5)n3)[S+](C)CC4)C2)cs1. The van der Waals surface area contributed by atoms with Crippen LogP contribution in [0.25, 0.3) is 0 Å². The van der Waals surface area contributed by atoms with Gasteiger partial charge in [0.25, 0.3) is 0 Å². The van der Waals surface area contributed by atoms with Crippen LogP contribution >= 0.6 is 11.3 Å². The van der Waals surface area contributed by atoms with Gasteiger partial charge in [-0.15, -0.1) is 11.3 Å². The van der Waals surface area contributed by atoms with Crippen molar-refractivity contribution in [3.63, 3.8) is 0 Å². The summed E-state index contributed by atoms with van der Waals surface area (Å²) in [5, 5.41) is 2.61. The van der Waals surface area contributed by atoms with Gasteiger partial charge in [-0.25, -0.2) is 14.8 Å². The number of rotatable bonds is 5. The highest BCUT2D eigenvalue weighted by Crippen LogP contribution is 2.36. The highest BCUT2D eigenvalue weighted by Gasteiger charge is 2.40. The van der Waals surface area contributed by atoms with Crippen LogP contribution in [-0.4, -0.2) is 78.4 Å². The molecule has 1 atom stereocenters. The van der Waals surface area contributed by atoms with Crippen molar-refractivity contribution >= 4 is 40.0 Å². The fourth-order valence-corrected chi connectivity index (χ4v) is 6.66. The van der Waals surface area contributed by atoms with E-state index in [0.29, 0.717) is 24.8 Å². The van der Waals surface area contributed by atoms with Crippen LogP contribution in [0.2, 0.25) is 0 Å². The summed E-state index contributed by atoms with van der Waals surface area (Å²) in [5.74, 6) is 2.63. The number of fused-ring (bicyclic) bond motifs is 1. The molecule has 2 aromatic heterocycles. The molecular formula is C21H28N5O3S2+. The zero-order valence-electron chi connectivity index (χ0n) is 18.2. The van der Waals surface area contributed by atoms with Crippen molar-refractivity contribution in [3.05, 3.63) is 21.8 Å². The Morgan fingerprint density at radius 2 is 2.06 bits per heavy atom. The third-order valence-corrected chi connectivity index (χ3v) is 8.91. The first kappa shape index (κ1) is 21.0. The summed E-state index contributed by atoms with van der Waals surface area (Å²) in [6, 6.07) is 0.449. The van der Waals surface area contributed by atoms with Gasteiger partial charge >= 0.3 is 5.97 Å². The number of aryl methyl sites for hydroxylation is 2. The summed E-state index contributed by atoms with van der Waals surface area (Å²) < 4.78 is 11.2. The number of esters is 1. The molecule has 3 aliphatic heterocycles. The number of anilines is 2. The van der Waals surface area contributed by atoms with Crippen LogP contribution < -0.4 is 9.80 Å². The molecule has 10 heteroatoms. The van der Waals surface area contributed by atoms with E-state index in [2.05, 4.69) is 28.1 Å². The number of thiazole rings is 1. The zero-order chi connectivity index (χ0) is 21.5. The summed E-state index contributed by atoms with van der Waals surface area (Å²) in [5.41, 5.74) is 1.58. The van der Waals surface area contributed by atoms with E-state index in [-0.39, 0.29) is 23.0 Å². The summed E-state index contributed by atoms with van der Waals surface area (Å²) in [6.45, 7) is 4.74. The van der Waals surface area contributed by atoms with E-state index >= 15 is 0 Å². The Labute approximate surface area is 189 Å². The maximum atomic E-state index is 12.3. The van der Waals surface area contributed by atoms with Crippen molar-refractivity contribution in [2.75, 3.05) is 55.2 Å². The first-order chi connectivity index (χ1) is 15.0. The van der Waals surface area contributed by atoms with Crippen molar-refractivity contribution < 1.29 is 14.3 Å². The lowest BCUT2D eigenvalue weighted by Gasteiger charge is -2.39. The van der Waals surface area contributed by atoms with Crippen LogP contribution in [0.1, 0.15) is 34.0 Å². The maximum absolute atomic E-state index is 12.3. The second-order valence-electron chi connectivity index (χ2n) is 8.35. The molecule has 0 bridgehead atoms. The highest BCUT2D eigenvalue weighted by atomic mass is 32.2. The molecule has 0 N–H and O–H groups in total. The predicted octanol–water partition coefficient (Wildman–Crippen LogP) is 2.07. The normalized spacial score (nSPS) is 21.6. The number of carbonyl (C=O) groups is 1. The van der Waals surface area contributed by atoms with E-state index in [9.17, 15) is 4.79 Å². The molecular weight excluding hydrogens is 434 g/mol. The molecule has 166 valence electrons. The average Bonchev–Trinajstić information content (AvgIpc) is 3.35. The van der Waals surface area contributed by atoms with Crippen molar-refractivity contribution in [1.82, 2.24) is 15.0 Å². The number of aromatic nitrogens is 3. The van der Waals surface area contributed by atoms with Gasteiger partial charge in [-0.2, -0.15) is 4.98 Å². The lowest BCUT2D eigenvalue weighted by Crippen LogP contribution is -2.54. The Hall–Kier alpha value is -1.91. The quantitative estimate of drug-likeness (QED) is 0.494. The van der Waals surface area contributed by atoms with Crippen molar-refractivity contribution in [3.8, 4) is 0 Å². The number of hydrogen-bond donors (Lipinski definition) is 0. The van der Waals surface area contributed by atoms with Gasteiger partial charge in [-0.05, 0) is 19.8 Å². The third kappa shape index (κ3) is 4.12. The smallest absolute Gasteiger partial charge is 0.358 e. The first-order valence-corrected chi connectivity index (χ1v) is 13.4. The fourth-order valence-electron chi connectivity index (χ4n) is 4.32. The second-order valence-corrected chi connectivity index (χ2v) is 11.5. The largest absolute Gasteiger partial charge is 0.454 e. The van der Waals surface area contributed by atoms with E-state index in [1.54, 1.807) is 5.38 Å². The molecule has 2 fully saturated rings. The molecule has 2 aromatic rings. The zero-order valence-corrected chi connectivity index (χ0v) is 19.8. The van der Waals surface area contributed by atoms with Crippen LogP contribution in [0.15, 0.2) is 10.3 Å². The van der Waals surface area contributed by atoms with Crippen LogP contribution in [-0.2, 0) is 26.8 Å². The van der Waals surface area contributed by atoms with E-state index in [0.717, 1.165) is 55.0 Å². The Bertz CT molecular complexity index is 972. The Morgan fingerprint density at radius 1 is 1.29 bits per heavy atom. The van der Waals surface area contributed by atoms with Gasteiger partial charge in [-0.1, -0.05) is 0 Å². The van der Waals surface area contributed by atoms with Gasteiger partial charge in [-0.3, -0.25) is 0 Å². The topological polar surface area (TPSA) is 80.7 Å². The summed E-state index contributed by atoms with van der Waals surface area (Å²) >= 11 is 1.46. The van der Waals surface area contributed by atoms with Crippen LogP contribution in [0.4, 0.5) is 11.8 Å². The minimum Gasteiger partial charge on any atom is -0.454 e.